The number of ether oxygens (including phenoxy) is 2. The van der Waals surface area contributed by atoms with Gasteiger partial charge in [0.15, 0.2) is 0 Å². The topological polar surface area (TPSA) is 73.3 Å². The SMILES string of the molecule is COC(=O)c1nc(C)cc(NC2(C)CCOC2C)n1. The van der Waals surface area contributed by atoms with Crippen LogP contribution in [0.2, 0.25) is 0 Å². The van der Waals surface area contributed by atoms with Crippen LogP contribution in [0.5, 0.6) is 0 Å². The number of nitrogens with one attached hydrogen (secondary N) is 1. The third-order valence-corrected chi connectivity index (χ3v) is 3.52. The van der Waals surface area contributed by atoms with Crippen molar-refractivity contribution in [2.75, 3.05) is 19.0 Å². The van der Waals surface area contributed by atoms with Crippen LogP contribution in [0.4, 0.5) is 5.82 Å². The number of aryl methyl sites for hydroxylation is 1. The maximum Gasteiger partial charge on any atom is 0.376 e. The molecule has 1 aromatic rings. The van der Waals surface area contributed by atoms with E-state index in [0.717, 1.165) is 13.0 Å². The zero-order valence-corrected chi connectivity index (χ0v) is 11.7. The molecule has 104 valence electrons. The molecule has 6 nitrogen and oxygen atoms in total. The van der Waals surface area contributed by atoms with Crippen LogP contribution in [0.15, 0.2) is 6.07 Å². The molecule has 1 aliphatic rings. The largest absolute Gasteiger partial charge is 0.463 e. The van der Waals surface area contributed by atoms with Crippen LogP contribution >= 0.6 is 0 Å². The zero-order valence-electron chi connectivity index (χ0n) is 11.7. The third kappa shape index (κ3) is 2.84. The monoisotopic (exact) mass is 265 g/mol. The molecule has 0 spiro atoms. The molecule has 0 saturated carbocycles. The second-order valence-corrected chi connectivity index (χ2v) is 5.02. The van der Waals surface area contributed by atoms with E-state index >= 15 is 0 Å². The van der Waals surface area contributed by atoms with Gasteiger partial charge < -0.3 is 14.8 Å². The van der Waals surface area contributed by atoms with Gasteiger partial charge in [-0.1, -0.05) is 0 Å². The molecule has 0 aromatic carbocycles. The second kappa shape index (κ2) is 5.13. The molecule has 19 heavy (non-hydrogen) atoms. The first-order chi connectivity index (χ1) is 8.94. The van der Waals surface area contributed by atoms with Crippen molar-refractivity contribution in [3.8, 4) is 0 Å². The number of anilines is 1. The molecule has 6 heteroatoms. The predicted molar refractivity (Wildman–Crippen MR) is 70.2 cm³/mol. The van der Waals surface area contributed by atoms with Gasteiger partial charge in [0, 0.05) is 18.4 Å². The molecular weight excluding hydrogens is 246 g/mol. The Bertz CT molecular complexity index is 492. The average molecular weight is 265 g/mol. The highest BCUT2D eigenvalue weighted by atomic mass is 16.5. The summed E-state index contributed by atoms with van der Waals surface area (Å²) in [6.07, 6.45) is 0.981. The highest BCUT2D eigenvalue weighted by molar-refractivity contribution is 5.85. The molecule has 0 amide bonds. The van der Waals surface area contributed by atoms with Crippen molar-refractivity contribution in [2.24, 2.45) is 0 Å². The van der Waals surface area contributed by atoms with Gasteiger partial charge in [0.05, 0.1) is 18.8 Å². The van der Waals surface area contributed by atoms with E-state index in [2.05, 4.69) is 26.9 Å². The summed E-state index contributed by atoms with van der Waals surface area (Å²) in [5, 5.41) is 3.34. The molecule has 2 unspecified atom stereocenters. The van der Waals surface area contributed by atoms with E-state index in [9.17, 15) is 4.79 Å². The Labute approximate surface area is 112 Å². The van der Waals surface area contributed by atoms with Crippen molar-refractivity contribution < 1.29 is 14.3 Å². The van der Waals surface area contributed by atoms with E-state index < -0.39 is 5.97 Å². The summed E-state index contributed by atoms with van der Waals surface area (Å²) in [6, 6.07) is 1.81. The van der Waals surface area contributed by atoms with Crippen molar-refractivity contribution in [1.82, 2.24) is 9.97 Å². The minimum absolute atomic E-state index is 0.0696. The number of hydrogen-bond donors (Lipinski definition) is 1. The maximum absolute atomic E-state index is 11.5. The van der Waals surface area contributed by atoms with Gasteiger partial charge in [-0.3, -0.25) is 0 Å². The Hall–Kier alpha value is -1.69. The number of carbonyl (C=O) groups excluding carboxylic acids is 1. The van der Waals surface area contributed by atoms with E-state index in [-0.39, 0.29) is 17.5 Å². The highest BCUT2D eigenvalue weighted by Crippen LogP contribution is 2.29. The van der Waals surface area contributed by atoms with Crippen molar-refractivity contribution in [2.45, 2.75) is 38.8 Å². The van der Waals surface area contributed by atoms with Crippen LogP contribution in [-0.4, -0.2) is 41.3 Å². The fourth-order valence-corrected chi connectivity index (χ4v) is 2.11. The molecule has 1 fully saturated rings. The second-order valence-electron chi connectivity index (χ2n) is 5.02. The highest BCUT2D eigenvalue weighted by Gasteiger charge is 2.37. The van der Waals surface area contributed by atoms with Gasteiger partial charge in [0.25, 0.3) is 0 Å². The summed E-state index contributed by atoms with van der Waals surface area (Å²) in [4.78, 5) is 19.8. The number of hydrogen-bond acceptors (Lipinski definition) is 6. The molecular formula is C13H19N3O3. The fraction of sp³-hybridized carbons (Fsp3) is 0.615. The Morgan fingerprint density at radius 1 is 1.58 bits per heavy atom. The molecule has 0 radical (unpaired) electrons. The third-order valence-electron chi connectivity index (χ3n) is 3.52. The number of aromatic nitrogens is 2. The Kier molecular flexibility index (Phi) is 3.71. The molecule has 0 bridgehead atoms. The van der Waals surface area contributed by atoms with Gasteiger partial charge in [0.1, 0.15) is 5.82 Å². The van der Waals surface area contributed by atoms with E-state index in [1.807, 2.05) is 19.9 Å². The van der Waals surface area contributed by atoms with Gasteiger partial charge in [-0.2, -0.15) is 0 Å². The molecule has 0 aliphatic carbocycles. The lowest BCUT2D eigenvalue weighted by atomic mass is 9.95. The van der Waals surface area contributed by atoms with Crippen LogP contribution in [-0.2, 0) is 9.47 Å². The molecule has 1 N–H and O–H groups in total. The summed E-state index contributed by atoms with van der Waals surface area (Å²) < 4.78 is 10.2. The molecule has 1 aromatic heterocycles. The maximum atomic E-state index is 11.5. The smallest absolute Gasteiger partial charge is 0.376 e. The van der Waals surface area contributed by atoms with Crippen LogP contribution < -0.4 is 5.32 Å². The molecule has 1 aliphatic heterocycles. The van der Waals surface area contributed by atoms with Crippen LogP contribution in [0.3, 0.4) is 0 Å². The fourth-order valence-electron chi connectivity index (χ4n) is 2.11. The van der Waals surface area contributed by atoms with Gasteiger partial charge >= 0.3 is 5.97 Å². The number of nitrogens with zero attached hydrogens (tertiary/aromatic N) is 2. The Morgan fingerprint density at radius 2 is 2.32 bits per heavy atom. The zero-order chi connectivity index (χ0) is 14.0. The van der Waals surface area contributed by atoms with Crippen LogP contribution in [0.1, 0.15) is 36.6 Å². The molecule has 1 saturated heterocycles. The van der Waals surface area contributed by atoms with Crippen molar-refractivity contribution in [1.29, 1.82) is 0 Å². The summed E-state index contributed by atoms with van der Waals surface area (Å²) in [6.45, 7) is 6.64. The van der Waals surface area contributed by atoms with Gasteiger partial charge in [-0.25, -0.2) is 14.8 Å². The first-order valence-corrected chi connectivity index (χ1v) is 6.28. The molecule has 2 atom stereocenters. The van der Waals surface area contributed by atoms with E-state index in [1.165, 1.54) is 7.11 Å². The van der Waals surface area contributed by atoms with E-state index in [1.54, 1.807) is 0 Å². The number of methoxy groups -OCH3 is 1. The van der Waals surface area contributed by atoms with Gasteiger partial charge in [0.2, 0.25) is 5.82 Å². The van der Waals surface area contributed by atoms with Gasteiger partial charge in [-0.05, 0) is 27.2 Å². The summed E-state index contributed by atoms with van der Waals surface area (Å²) >= 11 is 0. The average Bonchev–Trinajstić information content (AvgIpc) is 2.67. The quantitative estimate of drug-likeness (QED) is 0.836. The minimum Gasteiger partial charge on any atom is -0.463 e. The minimum atomic E-state index is -0.535. The van der Waals surface area contributed by atoms with Crippen molar-refractivity contribution >= 4 is 11.8 Å². The lowest BCUT2D eigenvalue weighted by molar-refractivity contribution is 0.0586. The molecule has 2 rings (SSSR count). The van der Waals surface area contributed by atoms with Crippen molar-refractivity contribution in [3.05, 3.63) is 17.6 Å². The number of carbonyl (C=O) groups is 1. The van der Waals surface area contributed by atoms with E-state index in [0.29, 0.717) is 11.5 Å². The normalized spacial score (nSPS) is 26.2. The number of esters is 1. The lowest BCUT2D eigenvalue weighted by Gasteiger charge is -2.29. The number of rotatable bonds is 3. The predicted octanol–water partition coefficient (Wildman–Crippen LogP) is 1.55. The Balaban J connectivity index is 2.25. The van der Waals surface area contributed by atoms with Gasteiger partial charge in [-0.15, -0.1) is 0 Å². The summed E-state index contributed by atoms with van der Waals surface area (Å²) in [5.41, 5.74) is 0.529. The van der Waals surface area contributed by atoms with Crippen LogP contribution in [0.25, 0.3) is 0 Å². The Morgan fingerprint density at radius 3 is 2.89 bits per heavy atom. The lowest BCUT2D eigenvalue weighted by Crippen LogP contribution is -2.41. The molecule has 2 heterocycles. The van der Waals surface area contributed by atoms with Crippen molar-refractivity contribution in [3.63, 3.8) is 0 Å². The van der Waals surface area contributed by atoms with E-state index in [4.69, 9.17) is 4.74 Å². The first kappa shape index (κ1) is 13.7. The standard InChI is InChI=1S/C13H19N3O3/c1-8-7-10(15-11(14-8)12(17)18-4)16-13(3)5-6-19-9(13)2/h7,9H,5-6H2,1-4H3,(H,14,15,16). The summed E-state index contributed by atoms with van der Waals surface area (Å²) in [5.74, 6) is 0.153. The summed E-state index contributed by atoms with van der Waals surface area (Å²) in [7, 11) is 1.31. The van der Waals surface area contributed by atoms with Crippen LogP contribution in [0, 0.1) is 6.92 Å². The first-order valence-electron chi connectivity index (χ1n) is 6.28.